The summed E-state index contributed by atoms with van der Waals surface area (Å²) in [6.07, 6.45) is 1.53. The second-order valence-corrected chi connectivity index (χ2v) is 16.7. The fourth-order valence-electron chi connectivity index (χ4n) is 5.58. The van der Waals surface area contributed by atoms with Crippen LogP contribution < -0.4 is 5.32 Å². The van der Waals surface area contributed by atoms with Gasteiger partial charge < -0.3 is 49.7 Å². The Kier molecular flexibility index (Phi) is 35.6. The molecule has 65 heavy (non-hydrogen) atoms. The summed E-state index contributed by atoms with van der Waals surface area (Å²) >= 11 is 0. The van der Waals surface area contributed by atoms with E-state index in [0.29, 0.717) is 12.8 Å². The number of nitrogens with one attached hydrogen (secondary N) is 1. The minimum atomic E-state index is -5.27. The number of esters is 1. The Morgan fingerprint density at radius 3 is 1.46 bits per heavy atom. The number of aliphatic hydroxyl groups excluding tert-OH is 5. The molecule has 1 fully saturated rings. The maximum Gasteiger partial charge on any atom is 0.472 e. The zero-order valence-corrected chi connectivity index (χ0v) is 38.9. The highest BCUT2D eigenvalue weighted by molar-refractivity contribution is 7.47. The molecule has 386 valence electrons. The quantitative estimate of drug-likeness (QED) is 0.0116. The summed E-state index contributed by atoms with van der Waals surface area (Å²) in [6, 6.07) is 2.43. The fourth-order valence-corrected chi connectivity index (χ4v) is 7.12. The minimum absolute atomic E-state index is 0. The largest absolute Gasteiger partial charge is 0.472 e. The number of aliphatic hydroxyl groups is 5. The van der Waals surface area contributed by atoms with Crippen LogP contribution in [0, 0.1) is 83.0 Å². The molecule has 0 bridgehead atoms. The molecule has 1 saturated carbocycles. The summed E-state index contributed by atoms with van der Waals surface area (Å²) < 4.78 is 47.3. The van der Waals surface area contributed by atoms with Gasteiger partial charge in [-0.1, -0.05) is 96.8 Å². The molecular formula is C45H89NO17P2. The molecule has 1 aliphatic carbocycles. The third kappa shape index (κ3) is 33.0. The molecule has 1 aliphatic rings. The van der Waals surface area contributed by atoms with Crippen molar-refractivity contribution in [1.82, 2.24) is 5.32 Å². The Morgan fingerprint density at radius 1 is 0.600 bits per heavy atom. The lowest BCUT2D eigenvalue weighted by Gasteiger charge is -2.43. The lowest BCUT2D eigenvalue weighted by Crippen LogP contribution is -2.64. The zero-order valence-electron chi connectivity index (χ0n) is 37.1. The number of phosphoric ester groups is 2. The van der Waals surface area contributed by atoms with E-state index >= 15 is 0 Å². The third-order valence-electron chi connectivity index (χ3n) is 8.72. The van der Waals surface area contributed by atoms with Gasteiger partial charge in [-0.25, -0.2) is 9.13 Å². The first-order chi connectivity index (χ1) is 31.0. The number of carbonyl (C=O) groups excluding carboxylic acids is 2. The van der Waals surface area contributed by atoms with Crippen LogP contribution in [0.2, 0.25) is 0 Å². The van der Waals surface area contributed by atoms with E-state index in [4.69, 9.17) is 33.4 Å². The van der Waals surface area contributed by atoms with Gasteiger partial charge in [-0.2, -0.15) is 0 Å². The van der Waals surface area contributed by atoms with E-state index in [1.165, 1.54) is 51.4 Å². The van der Waals surface area contributed by atoms with Crippen molar-refractivity contribution in [2.24, 2.45) is 0 Å². The van der Waals surface area contributed by atoms with Gasteiger partial charge in [-0.05, 0) is 55.3 Å². The molecule has 0 aromatic heterocycles. The summed E-state index contributed by atoms with van der Waals surface area (Å²) in [5.41, 5.74) is 0. The second kappa shape index (κ2) is 38.0. The fraction of sp³-hybridized carbons (Fsp3) is 0.644. The summed E-state index contributed by atoms with van der Waals surface area (Å²) in [6.45, 7) is 3.90. The van der Waals surface area contributed by atoms with Crippen LogP contribution in [0.4, 0.5) is 0 Å². The van der Waals surface area contributed by atoms with Gasteiger partial charge in [-0.15, -0.1) is 0 Å². The second-order valence-electron chi connectivity index (χ2n) is 14.1. The smallest absolute Gasteiger partial charge is 0.457 e. The lowest BCUT2D eigenvalue weighted by molar-refractivity contribution is -0.216. The van der Waals surface area contributed by atoms with Gasteiger partial charge in [0.25, 0.3) is 0 Å². The van der Waals surface area contributed by atoms with Gasteiger partial charge in [0.1, 0.15) is 49.5 Å². The Morgan fingerprint density at radius 2 is 1.03 bits per heavy atom. The van der Waals surface area contributed by atoms with Gasteiger partial charge in [-0.3, -0.25) is 28.5 Å². The molecule has 0 aromatic rings. The number of ether oxygens (including phenoxy) is 2. The van der Waals surface area contributed by atoms with Gasteiger partial charge in [0.2, 0.25) is 5.91 Å². The Bertz CT molecular complexity index is 2000. The number of carbonyl (C=O) groups is 2. The molecule has 0 saturated heterocycles. The first-order valence-electron chi connectivity index (χ1n) is 21.2. The van der Waals surface area contributed by atoms with Crippen LogP contribution in [0.25, 0.3) is 0 Å². The number of amides is 1. The number of phosphoric acid groups is 2. The molecule has 8 atom stereocenters. The molecule has 0 spiro atoms. The Labute approximate surface area is 402 Å². The summed E-state index contributed by atoms with van der Waals surface area (Å²) in [5.74, 6) is 31.8. The first kappa shape index (κ1) is 60.8. The normalized spacial score (nSPS) is 19.6. The number of rotatable bonds is 27. The van der Waals surface area contributed by atoms with E-state index in [0.717, 1.165) is 32.1 Å². The van der Waals surface area contributed by atoms with Crippen molar-refractivity contribution in [3.05, 3.63) is 0 Å². The molecule has 0 aliphatic heterocycles. The van der Waals surface area contributed by atoms with Gasteiger partial charge >= 0.3 is 21.6 Å². The molecule has 5 unspecified atom stereocenters. The Hall–Kier alpha value is -4.16. The summed E-state index contributed by atoms with van der Waals surface area (Å²) in [4.78, 5) is 51.3. The molecule has 20 heteroatoms. The van der Waals surface area contributed by atoms with Crippen molar-refractivity contribution in [2.75, 3.05) is 20.0 Å². The molecule has 0 radical (unpaired) electrons. The van der Waals surface area contributed by atoms with Crippen molar-refractivity contribution in [3.63, 3.8) is 0 Å². The standard InChI is InChI=1S/C26H52O16P2.C19H11NO.13H2/c1-2-3-4-5-6-7-8-9-10-11-12-13-14-15-20(28)40-19(16-38-18-27)17-39-44(36,37)42-26-23(31)21(29)25(22(30)24(26)32)41-43(33,34)35;1-3-5-6-7-8-9-10-11-12-13-14-15-16-18-20-19(21)17-4-2;;;;;;;;;;;;;/h19,21-27,29-32H,2-18H2,1H3,(H,36,37)(H2,33,34,35);4,17H2,1-2H3,(H,20,21);13*1H/t19-,21+,22?,23?,24+,25?,26?;;;;;;;;;;;;;;/m1............../s1. The van der Waals surface area contributed by atoms with E-state index in [-0.39, 0.29) is 30.9 Å². The van der Waals surface area contributed by atoms with E-state index in [9.17, 15) is 44.0 Å². The third-order valence-corrected chi connectivity index (χ3v) is 10.2. The van der Waals surface area contributed by atoms with Crippen LogP contribution in [0.1, 0.15) is 142 Å². The van der Waals surface area contributed by atoms with Gasteiger partial charge in [0, 0.05) is 73.0 Å². The van der Waals surface area contributed by atoms with Crippen LogP contribution >= 0.6 is 15.6 Å². The van der Waals surface area contributed by atoms with Crippen molar-refractivity contribution < 1.29 is 101 Å². The molecule has 9 N–H and O–H groups in total. The predicted molar refractivity (Wildman–Crippen MR) is 265 cm³/mol. The van der Waals surface area contributed by atoms with Crippen LogP contribution in [0.15, 0.2) is 0 Å². The predicted octanol–water partition coefficient (Wildman–Crippen LogP) is 5.89. The molecule has 0 heterocycles. The van der Waals surface area contributed by atoms with Crippen LogP contribution in [0.5, 0.6) is 0 Å². The minimum Gasteiger partial charge on any atom is -0.457 e. The van der Waals surface area contributed by atoms with Crippen molar-refractivity contribution in [2.45, 2.75) is 166 Å². The molecule has 1 amide bonds. The first-order valence-corrected chi connectivity index (χ1v) is 24.3. The highest BCUT2D eigenvalue weighted by atomic mass is 31.2. The lowest BCUT2D eigenvalue weighted by atomic mass is 9.85. The molecule has 0 aromatic carbocycles. The number of hydrogen-bond donors (Lipinski definition) is 9. The van der Waals surface area contributed by atoms with Crippen LogP contribution in [-0.2, 0) is 41.8 Å². The van der Waals surface area contributed by atoms with Crippen molar-refractivity contribution in [1.29, 1.82) is 0 Å². The maximum absolute atomic E-state index is 12.5. The van der Waals surface area contributed by atoms with Gasteiger partial charge in [0.05, 0.1) is 13.2 Å². The summed E-state index contributed by atoms with van der Waals surface area (Å²) in [5, 5.41) is 51.9. The van der Waals surface area contributed by atoms with E-state index < -0.39 is 84.3 Å². The average Bonchev–Trinajstić information content (AvgIpc) is 3.26. The monoisotopic (exact) mass is 978 g/mol. The number of hydrogen-bond acceptors (Lipinski definition) is 14. The average molecular weight is 978 g/mol. The van der Waals surface area contributed by atoms with Crippen LogP contribution in [-0.4, -0.2) is 115 Å². The van der Waals surface area contributed by atoms with Gasteiger partial charge in [0.15, 0.2) is 0 Å². The molecular weight excluding hydrogens is 888 g/mol. The zero-order chi connectivity index (χ0) is 48.8. The Balaban J connectivity index is -0.0000000877. The van der Waals surface area contributed by atoms with Crippen LogP contribution in [0.3, 0.4) is 0 Å². The van der Waals surface area contributed by atoms with Crippen molar-refractivity contribution >= 4 is 27.5 Å². The van der Waals surface area contributed by atoms with Crippen molar-refractivity contribution in [3.8, 4) is 83.0 Å². The number of unbranched alkanes of at least 4 members (excludes halogenated alkanes) is 12. The SMILES string of the molecule is CC#CC#CC#CC#CC#CC#CC#CNC(=O)CCC.CCCCCCCCCCCCCCCC(=O)O[C@H](COCO)COP(=O)(O)OC1C(O)[C@H](O)C(OP(=O)(O)O)C(O)[C@@H]1O.[HH].[HH].[HH].[HH].[HH].[HH].[HH].[HH].[HH].[HH].[HH].[HH].[HH]. The topological polar surface area (TPSA) is 288 Å². The highest BCUT2D eigenvalue weighted by Gasteiger charge is 2.54. The van der Waals surface area contributed by atoms with E-state index in [1.807, 2.05) is 6.92 Å². The van der Waals surface area contributed by atoms with E-state index in [1.54, 1.807) is 6.92 Å². The maximum atomic E-state index is 12.5. The highest BCUT2D eigenvalue weighted by Crippen LogP contribution is 2.48. The molecule has 1 rings (SSSR count). The molecule has 18 nitrogen and oxygen atoms in total. The van der Waals surface area contributed by atoms with E-state index in [2.05, 4.69) is 99.8 Å². The summed E-state index contributed by atoms with van der Waals surface area (Å²) in [7, 11) is -10.4.